The van der Waals surface area contributed by atoms with Crippen LogP contribution in [0.4, 0.5) is 5.69 Å². The van der Waals surface area contributed by atoms with Gasteiger partial charge in [0.25, 0.3) is 10.0 Å². The number of sulfonamides is 1. The molecule has 180 valence electrons. The van der Waals surface area contributed by atoms with Crippen LogP contribution in [0, 0.1) is 6.92 Å². The van der Waals surface area contributed by atoms with Crippen LogP contribution in [0.5, 0.6) is 11.5 Å². The lowest BCUT2D eigenvalue weighted by molar-refractivity contribution is -0.120. The van der Waals surface area contributed by atoms with Crippen LogP contribution in [0.15, 0.2) is 71.6 Å². The Morgan fingerprint density at radius 2 is 1.65 bits per heavy atom. The van der Waals surface area contributed by atoms with Crippen LogP contribution in [0.25, 0.3) is 0 Å². The first-order valence-electron chi connectivity index (χ1n) is 10.5. The van der Waals surface area contributed by atoms with Gasteiger partial charge in [-0.15, -0.1) is 0 Å². The standard InChI is InChI=1S/C25H27ClN2O5S/c1-17-5-12-22(13-6-17)34(30,31)28(20-9-7-19(26)8-10-20)16-25(29)27-18(2)23-15-21(32-3)11-14-24(23)33-4/h5-15,18H,16H2,1-4H3,(H,27,29). The summed E-state index contributed by atoms with van der Waals surface area (Å²) in [5.74, 6) is 0.708. The van der Waals surface area contributed by atoms with Crippen molar-refractivity contribution in [3.8, 4) is 11.5 Å². The van der Waals surface area contributed by atoms with E-state index in [4.69, 9.17) is 21.1 Å². The lowest BCUT2D eigenvalue weighted by Crippen LogP contribution is -2.41. The van der Waals surface area contributed by atoms with Crippen LogP contribution in [0.3, 0.4) is 0 Å². The van der Waals surface area contributed by atoms with Gasteiger partial charge in [0.15, 0.2) is 0 Å². The van der Waals surface area contributed by atoms with Crippen molar-refractivity contribution in [2.75, 3.05) is 25.1 Å². The first-order valence-corrected chi connectivity index (χ1v) is 12.3. The molecule has 0 aliphatic rings. The van der Waals surface area contributed by atoms with Gasteiger partial charge in [-0.25, -0.2) is 8.42 Å². The van der Waals surface area contributed by atoms with E-state index in [1.54, 1.807) is 68.6 Å². The zero-order chi connectivity index (χ0) is 24.9. The molecule has 1 unspecified atom stereocenters. The Kier molecular flexibility index (Phi) is 8.06. The highest BCUT2D eigenvalue weighted by Gasteiger charge is 2.28. The molecule has 1 amide bonds. The van der Waals surface area contributed by atoms with Crippen molar-refractivity contribution in [1.29, 1.82) is 0 Å². The summed E-state index contributed by atoms with van der Waals surface area (Å²) in [6, 6.07) is 17.6. The average molecular weight is 503 g/mol. The Labute approximate surface area is 205 Å². The molecule has 7 nitrogen and oxygen atoms in total. The third kappa shape index (κ3) is 5.81. The van der Waals surface area contributed by atoms with Crippen LogP contribution in [-0.2, 0) is 14.8 Å². The molecule has 1 atom stereocenters. The van der Waals surface area contributed by atoms with E-state index < -0.39 is 28.5 Å². The lowest BCUT2D eigenvalue weighted by Gasteiger charge is -2.25. The van der Waals surface area contributed by atoms with E-state index in [0.29, 0.717) is 27.8 Å². The maximum absolute atomic E-state index is 13.5. The van der Waals surface area contributed by atoms with E-state index >= 15 is 0 Å². The fourth-order valence-electron chi connectivity index (χ4n) is 3.43. The van der Waals surface area contributed by atoms with E-state index in [1.807, 2.05) is 6.92 Å². The molecule has 3 aromatic carbocycles. The van der Waals surface area contributed by atoms with Crippen molar-refractivity contribution in [2.24, 2.45) is 0 Å². The number of methoxy groups -OCH3 is 2. The van der Waals surface area contributed by atoms with E-state index in [0.717, 1.165) is 9.87 Å². The van der Waals surface area contributed by atoms with Crippen LogP contribution in [0.1, 0.15) is 24.1 Å². The molecule has 0 radical (unpaired) electrons. The zero-order valence-corrected chi connectivity index (χ0v) is 21.0. The van der Waals surface area contributed by atoms with Crippen LogP contribution in [0.2, 0.25) is 5.02 Å². The Morgan fingerprint density at radius 1 is 1.00 bits per heavy atom. The summed E-state index contributed by atoms with van der Waals surface area (Å²) in [6.45, 7) is 3.24. The molecule has 3 rings (SSSR count). The molecule has 0 aliphatic heterocycles. The maximum atomic E-state index is 13.5. The molecular formula is C25H27ClN2O5S. The van der Waals surface area contributed by atoms with Crippen LogP contribution < -0.4 is 19.1 Å². The number of rotatable bonds is 9. The second-order valence-electron chi connectivity index (χ2n) is 7.70. The number of carbonyl (C=O) groups is 1. The third-order valence-corrected chi connectivity index (χ3v) is 7.33. The minimum atomic E-state index is -4.02. The highest BCUT2D eigenvalue weighted by Crippen LogP contribution is 2.30. The number of hydrogen-bond donors (Lipinski definition) is 1. The minimum absolute atomic E-state index is 0.0864. The number of halogens is 1. The summed E-state index contributed by atoms with van der Waals surface area (Å²) < 4.78 is 38.7. The summed E-state index contributed by atoms with van der Waals surface area (Å²) in [5, 5.41) is 3.32. The number of ether oxygens (including phenoxy) is 2. The first kappa shape index (κ1) is 25.4. The molecule has 0 spiro atoms. The topological polar surface area (TPSA) is 84.9 Å². The second-order valence-corrected chi connectivity index (χ2v) is 10.00. The number of anilines is 1. The SMILES string of the molecule is COc1ccc(OC)c(C(C)NC(=O)CN(c2ccc(Cl)cc2)S(=O)(=O)c2ccc(C)cc2)c1. The predicted octanol–water partition coefficient (Wildman–Crippen LogP) is 4.74. The van der Waals surface area contributed by atoms with Gasteiger partial charge in [-0.1, -0.05) is 29.3 Å². The van der Waals surface area contributed by atoms with Gasteiger partial charge in [0.2, 0.25) is 5.91 Å². The van der Waals surface area contributed by atoms with Gasteiger partial charge in [-0.3, -0.25) is 9.10 Å². The Bertz CT molecular complexity index is 1250. The van der Waals surface area contributed by atoms with Gasteiger partial charge in [-0.2, -0.15) is 0 Å². The maximum Gasteiger partial charge on any atom is 0.264 e. The molecule has 0 saturated heterocycles. The van der Waals surface area contributed by atoms with Crippen LogP contribution >= 0.6 is 11.6 Å². The molecule has 0 heterocycles. The number of nitrogens with one attached hydrogen (secondary N) is 1. The van der Waals surface area contributed by atoms with Crippen molar-refractivity contribution < 1.29 is 22.7 Å². The van der Waals surface area contributed by atoms with E-state index in [1.165, 1.54) is 19.2 Å². The molecule has 0 bridgehead atoms. The molecule has 1 N–H and O–H groups in total. The molecule has 0 fully saturated rings. The van der Waals surface area contributed by atoms with Gasteiger partial charge >= 0.3 is 0 Å². The first-order chi connectivity index (χ1) is 16.1. The van der Waals surface area contributed by atoms with Gasteiger partial charge < -0.3 is 14.8 Å². The summed E-state index contributed by atoms with van der Waals surface area (Å²) in [5.41, 5.74) is 1.96. The molecule has 9 heteroatoms. The third-order valence-electron chi connectivity index (χ3n) is 5.29. The average Bonchev–Trinajstić information content (AvgIpc) is 2.83. The number of amides is 1. The lowest BCUT2D eigenvalue weighted by atomic mass is 10.1. The number of carbonyl (C=O) groups excluding carboxylic acids is 1. The van der Waals surface area contributed by atoms with Gasteiger partial charge in [0.05, 0.1) is 30.8 Å². The molecule has 0 aromatic heterocycles. The van der Waals surface area contributed by atoms with Crippen molar-refractivity contribution in [3.63, 3.8) is 0 Å². The van der Waals surface area contributed by atoms with Gasteiger partial charge in [0.1, 0.15) is 18.0 Å². The van der Waals surface area contributed by atoms with E-state index in [9.17, 15) is 13.2 Å². The smallest absolute Gasteiger partial charge is 0.264 e. The Hall–Kier alpha value is -3.23. The molecule has 34 heavy (non-hydrogen) atoms. The van der Waals surface area contributed by atoms with Gasteiger partial charge in [-0.05, 0) is 68.4 Å². The van der Waals surface area contributed by atoms with Crippen LogP contribution in [-0.4, -0.2) is 35.1 Å². The fraction of sp³-hybridized carbons (Fsp3) is 0.240. The molecule has 3 aromatic rings. The largest absolute Gasteiger partial charge is 0.497 e. The summed E-state index contributed by atoms with van der Waals surface area (Å²) in [7, 11) is -0.930. The fourth-order valence-corrected chi connectivity index (χ4v) is 4.98. The monoisotopic (exact) mass is 502 g/mol. The van der Waals surface area contributed by atoms with Crippen molar-refractivity contribution in [3.05, 3.63) is 82.9 Å². The highest BCUT2D eigenvalue weighted by atomic mass is 35.5. The van der Waals surface area contributed by atoms with E-state index in [-0.39, 0.29) is 4.90 Å². The summed E-state index contributed by atoms with van der Waals surface area (Å²) in [6.07, 6.45) is 0. The normalized spacial score (nSPS) is 12.0. The van der Waals surface area contributed by atoms with Gasteiger partial charge in [0, 0.05) is 10.6 Å². The predicted molar refractivity (Wildman–Crippen MR) is 133 cm³/mol. The summed E-state index contributed by atoms with van der Waals surface area (Å²) in [4.78, 5) is 13.1. The van der Waals surface area contributed by atoms with E-state index in [2.05, 4.69) is 5.32 Å². The Balaban J connectivity index is 1.90. The quantitative estimate of drug-likeness (QED) is 0.457. The summed E-state index contributed by atoms with van der Waals surface area (Å²) >= 11 is 5.99. The number of aryl methyl sites for hydroxylation is 1. The van der Waals surface area contributed by atoms with Crippen molar-refractivity contribution >= 4 is 33.2 Å². The van der Waals surface area contributed by atoms with Crippen molar-refractivity contribution in [1.82, 2.24) is 5.32 Å². The number of hydrogen-bond acceptors (Lipinski definition) is 5. The second kappa shape index (κ2) is 10.8. The zero-order valence-electron chi connectivity index (χ0n) is 19.4. The minimum Gasteiger partial charge on any atom is -0.497 e. The molecule has 0 aliphatic carbocycles. The Morgan fingerprint density at radius 3 is 2.24 bits per heavy atom. The number of nitrogens with zero attached hydrogens (tertiary/aromatic N) is 1. The number of benzene rings is 3. The molecule has 0 saturated carbocycles. The molecular weight excluding hydrogens is 476 g/mol. The van der Waals surface area contributed by atoms with Crippen molar-refractivity contribution in [2.45, 2.75) is 24.8 Å². The highest BCUT2D eigenvalue weighted by molar-refractivity contribution is 7.92.